The molecule has 20 heavy (non-hydrogen) atoms. The zero-order valence-corrected chi connectivity index (χ0v) is 15.4. The second kappa shape index (κ2) is 11.6. The molecule has 0 aliphatic heterocycles. The Labute approximate surface area is 140 Å². The highest BCUT2D eigenvalue weighted by Crippen LogP contribution is 2.25. The van der Waals surface area contributed by atoms with Crippen LogP contribution in [0.1, 0.15) is 33.1 Å². The lowest BCUT2D eigenvalue weighted by Gasteiger charge is -2.21. The molecule has 0 spiro atoms. The van der Waals surface area contributed by atoms with E-state index >= 15 is 0 Å². The molecule has 0 aromatic rings. The molecule has 0 amide bonds. The maximum absolute atomic E-state index is 5.83. The van der Waals surface area contributed by atoms with Crippen molar-refractivity contribution in [3.8, 4) is 0 Å². The fourth-order valence-electron chi connectivity index (χ4n) is 1.95. The first-order valence-electron chi connectivity index (χ1n) is 7.40. The minimum Gasteiger partial charge on any atom is -0.383 e. The molecule has 0 aromatic carbocycles. The van der Waals surface area contributed by atoms with Crippen LogP contribution in [-0.4, -0.2) is 56.8 Å². The summed E-state index contributed by atoms with van der Waals surface area (Å²) in [5.41, 5.74) is 5.83. The molecule has 1 saturated carbocycles. The average molecular weight is 398 g/mol. The van der Waals surface area contributed by atoms with Crippen LogP contribution in [0.2, 0.25) is 0 Å². The summed E-state index contributed by atoms with van der Waals surface area (Å²) in [4.78, 5) is 6.79. The van der Waals surface area contributed by atoms with E-state index in [0.29, 0.717) is 11.9 Å². The van der Waals surface area contributed by atoms with Gasteiger partial charge in [0.05, 0.1) is 6.61 Å². The van der Waals surface area contributed by atoms with E-state index in [2.05, 4.69) is 29.1 Å². The largest absolute Gasteiger partial charge is 0.383 e. The van der Waals surface area contributed by atoms with Crippen LogP contribution in [0, 0.1) is 5.92 Å². The van der Waals surface area contributed by atoms with E-state index in [4.69, 9.17) is 10.5 Å². The van der Waals surface area contributed by atoms with Gasteiger partial charge in [-0.05, 0) is 25.2 Å². The van der Waals surface area contributed by atoms with Gasteiger partial charge in [-0.1, -0.05) is 13.8 Å². The van der Waals surface area contributed by atoms with Crippen molar-refractivity contribution in [3.05, 3.63) is 0 Å². The van der Waals surface area contributed by atoms with E-state index in [1.807, 2.05) is 0 Å². The molecule has 6 heteroatoms. The van der Waals surface area contributed by atoms with E-state index in [0.717, 1.165) is 45.2 Å². The number of nitrogens with one attached hydrogen (secondary N) is 1. The molecule has 0 aromatic heterocycles. The fraction of sp³-hybridized carbons (Fsp3) is 0.929. The summed E-state index contributed by atoms with van der Waals surface area (Å²) in [7, 11) is 1.75. The van der Waals surface area contributed by atoms with Crippen molar-refractivity contribution in [2.24, 2.45) is 16.6 Å². The molecule has 1 aliphatic rings. The molecule has 0 bridgehead atoms. The van der Waals surface area contributed by atoms with Gasteiger partial charge in [-0.15, -0.1) is 24.0 Å². The van der Waals surface area contributed by atoms with Crippen LogP contribution in [0.4, 0.5) is 0 Å². The van der Waals surface area contributed by atoms with Gasteiger partial charge in [0, 0.05) is 39.3 Å². The minimum absolute atomic E-state index is 0. The van der Waals surface area contributed by atoms with Gasteiger partial charge in [-0.3, -0.25) is 9.89 Å². The third-order valence-corrected chi connectivity index (χ3v) is 3.34. The molecule has 0 unspecified atom stereocenters. The maximum Gasteiger partial charge on any atom is 0.188 e. The highest BCUT2D eigenvalue weighted by Gasteiger charge is 2.27. The van der Waals surface area contributed by atoms with Crippen molar-refractivity contribution in [1.82, 2.24) is 10.2 Å². The summed E-state index contributed by atoms with van der Waals surface area (Å²) in [6.07, 6.45) is 3.73. The lowest BCUT2D eigenvalue weighted by molar-refractivity contribution is 0.144. The lowest BCUT2D eigenvalue weighted by Crippen LogP contribution is -2.40. The number of methoxy groups -OCH3 is 1. The first-order chi connectivity index (χ1) is 9.13. The van der Waals surface area contributed by atoms with E-state index in [1.165, 1.54) is 12.8 Å². The van der Waals surface area contributed by atoms with Crippen LogP contribution in [0.3, 0.4) is 0 Å². The van der Waals surface area contributed by atoms with Gasteiger partial charge in [-0.2, -0.15) is 0 Å². The zero-order chi connectivity index (χ0) is 14.1. The van der Waals surface area contributed by atoms with Crippen LogP contribution in [-0.2, 0) is 4.74 Å². The summed E-state index contributed by atoms with van der Waals surface area (Å²) >= 11 is 0. The number of guanidine groups is 1. The number of rotatable bonds is 10. The Hall–Kier alpha value is -0.0800. The third-order valence-electron chi connectivity index (χ3n) is 3.34. The predicted molar refractivity (Wildman–Crippen MR) is 95.8 cm³/mol. The molecule has 1 aliphatic carbocycles. The molecule has 120 valence electrons. The second-order valence-electron chi connectivity index (χ2n) is 5.64. The predicted octanol–water partition coefficient (Wildman–Crippen LogP) is 1.67. The van der Waals surface area contributed by atoms with Crippen LogP contribution in [0.5, 0.6) is 0 Å². The van der Waals surface area contributed by atoms with Crippen LogP contribution in [0.25, 0.3) is 0 Å². The van der Waals surface area contributed by atoms with Crippen molar-refractivity contribution in [2.45, 2.75) is 39.2 Å². The number of halogens is 1. The minimum atomic E-state index is 0. The normalized spacial score (nSPS) is 15.6. The summed E-state index contributed by atoms with van der Waals surface area (Å²) in [5.74, 6) is 1.25. The van der Waals surface area contributed by atoms with Gasteiger partial charge in [0.1, 0.15) is 0 Å². The van der Waals surface area contributed by atoms with Crippen LogP contribution < -0.4 is 11.1 Å². The fourth-order valence-corrected chi connectivity index (χ4v) is 1.95. The van der Waals surface area contributed by atoms with Gasteiger partial charge in [-0.25, -0.2) is 0 Å². The number of aliphatic imine (C=N–C) groups is 1. The molecular weight excluding hydrogens is 367 g/mol. The average Bonchev–Trinajstić information content (AvgIpc) is 3.17. The summed E-state index contributed by atoms with van der Waals surface area (Å²) < 4.78 is 5.14. The summed E-state index contributed by atoms with van der Waals surface area (Å²) in [6, 6.07) is 0.760. The SMILES string of the molecule is COCCN(CCNC(N)=NCCC(C)C)C1CC1.I. The van der Waals surface area contributed by atoms with Gasteiger partial charge in [0.25, 0.3) is 0 Å². The van der Waals surface area contributed by atoms with Crippen molar-refractivity contribution in [3.63, 3.8) is 0 Å². The van der Waals surface area contributed by atoms with E-state index in [1.54, 1.807) is 7.11 Å². The first kappa shape index (κ1) is 19.9. The molecule has 0 atom stereocenters. The number of nitrogens with zero attached hydrogens (tertiary/aromatic N) is 2. The quantitative estimate of drug-likeness (QED) is 0.334. The summed E-state index contributed by atoms with van der Waals surface area (Å²) in [6.45, 7) is 8.88. The molecule has 3 N–H and O–H groups in total. The standard InChI is InChI=1S/C14H30N4O.HI/c1-12(2)6-7-16-14(15)17-8-9-18(10-11-19-3)13-4-5-13;/h12-13H,4-11H2,1-3H3,(H3,15,16,17);1H. The molecule has 1 rings (SSSR count). The third kappa shape index (κ3) is 9.77. The summed E-state index contributed by atoms with van der Waals surface area (Å²) in [5, 5.41) is 3.19. The molecule has 0 heterocycles. The smallest absolute Gasteiger partial charge is 0.188 e. The van der Waals surface area contributed by atoms with Crippen molar-refractivity contribution in [2.75, 3.05) is 39.9 Å². The zero-order valence-electron chi connectivity index (χ0n) is 13.1. The van der Waals surface area contributed by atoms with E-state index in [9.17, 15) is 0 Å². The number of hydrogen-bond acceptors (Lipinski definition) is 3. The Balaban J connectivity index is 0.00000361. The number of hydrogen-bond donors (Lipinski definition) is 2. The van der Waals surface area contributed by atoms with Crippen LogP contribution in [0.15, 0.2) is 4.99 Å². The Morgan fingerprint density at radius 1 is 1.40 bits per heavy atom. The van der Waals surface area contributed by atoms with Crippen LogP contribution >= 0.6 is 24.0 Å². The molecular formula is C14H31IN4O. The monoisotopic (exact) mass is 398 g/mol. The Bertz CT molecular complexity index is 270. The van der Waals surface area contributed by atoms with E-state index in [-0.39, 0.29) is 24.0 Å². The number of ether oxygens (including phenoxy) is 1. The van der Waals surface area contributed by atoms with Gasteiger partial charge >= 0.3 is 0 Å². The van der Waals surface area contributed by atoms with Crippen molar-refractivity contribution >= 4 is 29.9 Å². The molecule has 5 nitrogen and oxygen atoms in total. The molecule has 0 saturated heterocycles. The number of nitrogens with two attached hydrogens (primary N) is 1. The second-order valence-corrected chi connectivity index (χ2v) is 5.64. The van der Waals surface area contributed by atoms with Gasteiger partial charge in [0.2, 0.25) is 0 Å². The highest BCUT2D eigenvalue weighted by molar-refractivity contribution is 14.0. The Morgan fingerprint density at radius 2 is 2.10 bits per heavy atom. The van der Waals surface area contributed by atoms with Crippen molar-refractivity contribution < 1.29 is 4.74 Å². The molecule has 1 fully saturated rings. The highest BCUT2D eigenvalue weighted by atomic mass is 127. The Kier molecular flexibility index (Phi) is 11.5. The molecule has 0 radical (unpaired) electrons. The lowest BCUT2D eigenvalue weighted by atomic mass is 10.1. The topological polar surface area (TPSA) is 62.9 Å². The van der Waals surface area contributed by atoms with Gasteiger partial charge < -0.3 is 15.8 Å². The Morgan fingerprint density at radius 3 is 2.65 bits per heavy atom. The van der Waals surface area contributed by atoms with Gasteiger partial charge in [0.15, 0.2) is 5.96 Å². The van der Waals surface area contributed by atoms with E-state index < -0.39 is 0 Å². The van der Waals surface area contributed by atoms with Crippen molar-refractivity contribution in [1.29, 1.82) is 0 Å². The first-order valence-corrected chi connectivity index (χ1v) is 7.40. The maximum atomic E-state index is 5.83.